The van der Waals surface area contributed by atoms with Crippen molar-refractivity contribution in [2.24, 2.45) is 4.99 Å². The monoisotopic (exact) mass is 507 g/mol. The number of aromatic nitrogens is 2. The molecule has 0 unspecified atom stereocenters. The van der Waals surface area contributed by atoms with Crippen LogP contribution in [-0.4, -0.2) is 76.9 Å². The predicted molar refractivity (Wildman–Crippen MR) is 138 cm³/mol. The number of H-pyrrole nitrogens is 1. The van der Waals surface area contributed by atoms with Crippen molar-refractivity contribution in [2.45, 2.75) is 13.3 Å². The van der Waals surface area contributed by atoms with Crippen molar-refractivity contribution < 1.29 is 19.1 Å². The number of fused-ring (bicyclic) bond motifs is 1. The molecule has 0 atom stereocenters. The van der Waals surface area contributed by atoms with Crippen LogP contribution in [0.5, 0.6) is 5.75 Å². The molecule has 1 N–H and O–H groups in total. The molecule has 2 aromatic heterocycles. The van der Waals surface area contributed by atoms with E-state index in [-0.39, 0.29) is 29.7 Å². The number of allylic oxidation sites excluding steroid dienone is 2. The summed E-state index contributed by atoms with van der Waals surface area (Å²) in [4.78, 5) is 52.3. The Morgan fingerprint density at radius 1 is 1.06 bits per heavy atom. The van der Waals surface area contributed by atoms with Gasteiger partial charge in [0.05, 0.1) is 29.8 Å². The van der Waals surface area contributed by atoms with Crippen molar-refractivity contribution >= 4 is 46.3 Å². The molecule has 4 heterocycles. The summed E-state index contributed by atoms with van der Waals surface area (Å²) in [5.74, 6) is -1.02. The van der Waals surface area contributed by atoms with Crippen molar-refractivity contribution in [1.82, 2.24) is 19.8 Å². The Labute approximate surface area is 213 Å². The van der Waals surface area contributed by atoms with Gasteiger partial charge >= 0.3 is 0 Å². The predicted octanol–water partition coefficient (Wildman–Crippen LogP) is 3.76. The summed E-state index contributed by atoms with van der Waals surface area (Å²) in [7, 11) is 1.45. The van der Waals surface area contributed by atoms with Crippen LogP contribution in [0.2, 0.25) is 5.15 Å². The molecule has 0 radical (unpaired) electrons. The highest BCUT2D eigenvalue weighted by Crippen LogP contribution is 2.32. The van der Waals surface area contributed by atoms with Crippen LogP contribution in [0.25, 0.3) is 10.9 Å². The van der Waals surface area contributed by atoms with Gasteiger partial charge in [0.1, 0.15) is 5.75 Å². The van der Waals surface area contributed by atoms with E-state index in [9.17, 15) is 14.4 Å². The van der Waals surface area contributed by atoms with E-state index in [4.69, 9.17) is 16.3 Å². The van der Waals surface area contributed by atoms with Crippen LogP contribution in [-0.2, 0) is 4.79 Å². The Hall–Kier alpha value is -3.98. The second-order valence-corrected chi connectivity index (χ2v) is 8.60. The molecule has 1 fully saturated rings. The number of benzene rings is 1. The first-order valence-electron chi connectivity index (χ1n) is 11.5. The maximum atomic E-state index is 12.9. The van der Waals surface area contributed by atoms with Crippen LogP contribution in [0.3, 0.4) is 0 Å². The van der Waals surface area contributed by atoms with E-state index in [0.29, 0.717) is 35.3 Å². The topological polar surface area (TPSA) is 108 Å². The number of halogens is 1. The zero-order valence-corrected chi connectivity index (χ0v) is 20.8. The lowest BCUT2D eigenvalue weighted by Gasteiger charge is -2.34. The summed E-state index contributed by atoms with van der Waals surface area (Å²) >= 11 is 6.09. The average Bonchev–Trinajstić information content (AvgIpc) is 3.59. The Kier molecular flexibility index (Phi) is 7.80. The molecule has 36 heavy (non-hydrogen) atoms. The maximum absolute atomic E-state index is 12.9. The molecular formula is C26H26ClN5O4. The molecule has 186 valence electrons. The van der Waals surface area contributed by atoms with Gasteiger partial charge in [-0.1, -0.05) is 35.9 Å². The van der Waals surface area contributed by atoms with Crippen LogP contribution in [0, 0.1) is 0 Å². The van der Waals surface area contributed by atoms with Crippen LogP contribution in [0.4, 0.5) is 0 Å². The van der Waals surface area contributed by atoms with E-state index in [1.807, 2.05) is 31.3 Å². The normalized spacial score (nSPS) is 14.8. The van der Waals surface area contributed by atoms with E-state index in [1.165, 1.54) is 24.4 Å². The lowest BCUT2D eigenvalue weighted by Crippen LogP contribution is -2.52. The molecule has 1 aromatic carbocycles. The van der Waals surface area contributed by atoms with Gasteiger partial charge < -0.3 is 19.5 Å². The number of pyridine rings is 1. The summed E-state index contributed by atoms with van der Waals surface area (Å²) in [5, 5.41) is 0.610. The number of ketones is 1. The van der Waals surface area contributed by atoms with Gasteiger partial charge in [0.2, 0.25) is 0 Å². The van der Waals surface area contributed by atoms with Crippen LogP contribution < -0.4 is 4.74 Å². The van der Waals surface area contributed by atoms with Crippen molar-refractivity contribution in [2.75, 3.05) is 33.3 Å². The fourth-order valence-electron chi connectivity index (χ4n) is 4.03. The number of nitrogens with zero attached hydrogens (tertiary/aromatic N) is 4. The highest BCUT2D eigenvalue weighted by molar-refractivity contribution is 6.45. The number of aliphatic imine (C=N–C) groups is 1. The Morgan fingerprint density at radius 3 is 2.33 bits per heavy atom. The Balaban J connectivity index is 0.000000445. The summed E-state index contributed by atoms with van der Waals surface area (Å²) in [5.41, 5.74) is 2.36. The minimum Gasteiger partial charge on any atom is -0.494 e. The molecule has 10 heteroatoms. The molecule has 2 amide bonds. The first-order chi connectivity index (χ1) is 17.4. The molecule has 0 aliphatic carbocycles. The maximum Gasteiger partial charge on any atom is 0.295 e. The van der Waals surface area contributed by atoms with Gasteiger partial charge in [-0.25, -0.2) is 4.98 Å². The van der Waals surface area contributed by atoms with Gasteiger partial charge in [-0.3, -0.25) is 19.4 Å². The smallest absolute Gasteiger partial charge is 0.295 e. The third-order valence-electron chi connectivity index (χ3n) is 5.98. The number of Topliss-reactive ketones (excluding diaryl/α,β-unsaturated/α-hetero) is 1. The number of ether oxygens (including phenoxy) is 1. The number of rotatable bonds is 4. The average molecular weight is 508 g/mol. The van der Waals surface area contributed by atoms with Crippen LogP contribution >= 0.6 is 11.6 Å². The molecule has 0 spiro atoms. The third-order valence-corrected chi connectivity index (χ3v) is 6.26. The summed E-state index contributed by atoms with van der Waals surface area (Å²) in [6.07, 6.45) is 7.89. The Bertz CT molecular complexity index is 1340. The number of amides is 2. The minimum atomic E-state index is -0.662. The number of aromatic amines is 1. The second-order valence-electron chi connectivity index (χ2n) is 8.24. The fraction of sp³-hybridized carbons (Fsp3) is 0.269. The van der Waals surface area contributed by atoms with Gasteiger partial charge in [0.25, 0.3) is 17.6 Å². The number of methoxy groups -OCH3 is 1. The van der Waals surface area contributed by atoms with E-state index < -0.39 is 11.7 Å². The molecule has 2 aliphatic rings. The summed E-state index contributed by atoms with van der Waals surface area (Å²) in [6.45, 7) is 3.29. The number of piperazine rings is 1. The van der Waals surface area contributed by atoms with Gasteiger partial charge in [-0.15, -0.1) is 0 Å². The second kappa shape index (κ2) is 11.2. The molecule has 9 nitrogen and oxygen atoms in total. The molecule has 5 rings (SSSR count). The largest absolute Gasteiger partial charge is 0.494 e. The minimum absolute atomic E-state index is 0.0856. The standard InChI is InChI=1S/C21H19ClN4O4.C5H7N/c1-30-15-12-24-19(22)17-16(15)14(11-23-17)18(27)21(29)26-9-7-25(8-10-26)20(28)13-5-3-2-4-6-13;1-5-3-2-4-6-5/h2-6,11-12,23H,7-10H2,1H3;3-4H,2H2,1H3. The van der Waals surface area contributed by atoms with Crippen molar-refractivity contribution in [3.63, 3.8) is 0 Å². The SMILES string of the molecule is CC1=CCC=N1.COc1cnc(Cl)c2[nH]cc(C(=O)C(=O)N3CCN(C(=O)c4ccccc4)CC3)c12. The number of carbonyl (C=O) groups is 3. The highest BCUT2D eigenvalue weighted by atomic mass is 35.5. The summed E-state index contributed by atoms with van der Waals surface area (Å²) < 4.78 is 5.28. The van der Waals surface area contributed by atoms with Crippen LogP contribution in [0.1, 0.15) is 34.1 Å². The summed E-state index contributed by atoms with van der Waals surface area (Å²) in [6, 6.07) is 8.98. The molecule has 2 aliphatic heterocycles. The van der Waals surface area contributed by atoms with E-state index in [1.54, 1.807) is 17.0 Å². The molecule has 0 bridgehead atoms. The van der Waals surface area contributed by atoms with Crippen molar-refractivity contribution in [3.05, 3.63) is 70.8 Å². The first-order valence-corrected chi connectivity index (χ1v) is 11.8. The van der Waals surface area contributed by atoms with E-state index in [2.05, 4.69) is 21.0 Å². The highest BCUT2D eigenvalue weighted by Gasteiger charge is 2.31. The first kappa shape index (κ1) is 25.1. The van der Waals surface area contributed by atoms with Gasteiger partial charge in [0.15, 0.2) is 5.15 Å². The van der Waals surface area contributed by atoms with Crippen molar-refractivity contribution in [3.8, 4) is 5.75 Å². The number of nitrogens with one attached hydrogen (secondary N) is 1. The Morgan fingerprint density at radius 2 is 1.75 bits per heavy atom. The third kappa shape index (κ3) is 5.31. The lowest BCUT2D eigenvalue weighted by atomic mass is 10.1. The molecule has 1 saturated heterocycles. The number of hydrogen-bond donors (Lipinski definition) is 1. The van der Waals surface area contributed by atoms with Gasteiger partial charge in [-0.05, 0) is 19.1 Å². The van der Waals surface area contributed by atoms with Gasteiger partial charge in [0, 0.05) is 56.3 Å². The van der Waals surface area contributed by atoms with Crippen molar-refractivity contribution in [1.29, 1.82) is 0 Å². The number of hydrogen-bond acceptors (Lipinski definition) is 6. The molecular weight excluding hydrogens is 482 g/mol. The number of carbonyl (C=O) groups excluding carboxylic acids is 3. The van der Waals surface area contributed by atoms with Crippen LogP contribution in [0.15, 0.2) is 59.5 Å². The zero-order valence-electron chi connectivity index (χ0n) is 20.0. The molecule has 0 saturated carbocycles. The van der Waals surface area contributed by atoms with Gasteiger partial charge in [-0.2, -0.15) is 0 Å². The quantitative estimate of drug-likeness (QED) is 0.328. The van der Waals surface area contributed by atoms with E-state index >= 15 is 0 Å². The molecule has 3 aromatic rings. The fourth-order valence-corrected chi connectivity index (χ4v) is 4.23. The lowest BCUT2D eigenvalue weighted by molar-refractivity contribution is -0.127. The van der Waals surface area contributed by atoms with E-state index in [0.717, 1.165) is 12.1 Å². The zero-order chi connectivity index (χ0) is 25.7.